The van der Waals surface area contributed by atoms with E-state index < -0.39 is 15.7 Å². The Balaban J connectivity index is 2.09. The van der Waals surface area contributed by atoms with Crippen molar-refractivity contribution in [3.05, 3.63) is 46.3 Å². The molecule has 6 nitrogen and oxygen atoms in total. The molecule has 130 valence electrons. The van der Waals surface area contributed by atoms with Gasteiger partial charge in [0.25, 0.3) is 0 Å². The smallest absolute Gasteiger partial charge is 0.238 e. The number of halogens is 1. The van der Waals surface area contributed by atoms with E-state index in [9.17, 15) is 13.2 Å². The highest BCUT2D eigenvalue weighted by molar-refractivity contribution is 9.10. The van der Waals surface area contributed by atoms with Gasteiger partial charge in [-0.15, -0.1) is 11.3 Å². The normalized spacial score (nSPS) is 11.6. The lowest BCUT2D eigenvalue weighted by molar-refractivity contribution is -0.115. The number of amides is 1. The standard InChI is InChI=1S/C15H11BrN2O4S3/c16-9-3-5-10(6-4-9)25(20,21)14-15(24-8-12(17)19)22-13(18-14)11-2-1-7-23-11/h1-7H,8H2,(H2,17,19). The third kappa shape index (κ3) is 3.97. The highest BCUT2D eigenvalue weighted by Crippen LogP contribution is 2.36. The van der Waals surface area contributed by atoms with Crippen LogP contribution in [0.1, 0.15) is 0 Å². The van der Waals surface area contributed by atoms with E-state index in [1.165, 1.54) is 23.5 Å². The number of aromatic nitrogens is 1. The molecule has 3 rings (SSSR count). The Kier molecular flexibility index (Phi) is 5.32. The summed E-state index contributed by atoms with van der Waals surface area (Å²) in [6, 6.07) is 9.79. The molecule has 0 atom stereocenters. The molecule has 0 aliphatic heterocycles. The van der Waals surface area contributed by atoms with Gasteiger partial charge in [0.05, 0.1) is 15.5 Å². The van der Waals surface area contributed by atoms with Crippen molar-refractivity contribution in [2.24, 2.45) is 5.73 Å². The maximum Gasteiger partial charge on any atom is 0.238 e. The molecule has 2 N–H and O–H groups in total. The van der Waals surface area contributed by atoms with Gasteiger partial charge in [0.15, 0.2) is 0 Å². The number of carbonyl (C=O) groups is 1. The van der Waals surface area contributed by atoms with Crippen LogP contribution >= 0.6 is 39.0 Å². The average Bonchev–Trinajstić information content (AvgIpc) is 3.23. The van der Waals surface area contributed by atoms with Gasteiger partial charge in [-0.3, -0.25) is 4.79 Å². The number of benzene rings is 1. The summed E-state index contributed by atoms with van der Waals surface area (Å²) in [4.78, 5) is 16.0. The first-order valence-electron chi connectivity index (χ1n) is 6.84. The van der Waals surface area contributed by atoms with Gasteiger partial charge < -0.3 is 10.2 Å². The summed E-state index contributed by atoms with van der Waals surface area (Å²) in [5, 5.41) is 1.66. The number of nitrogens with two attached hydrogens (primary N) is 1. The van der Waals surface area contributed by atoms with Gasteiger partial charge in [-0.05, 0) is 35.7 Å². The fraction of sp³-hybridized carbons (Fsp3) is 0.0667. The molecule has 0 saturated carbocycles. The fourth-order valence-corrected chi connectivity index (χ4v) is 5.10. The molecule has 25 heavy (non-hydrogen) atoms. The molecular weight excluding hydrogens is 448 g/mol. The third-order valence-corrected chi connectivity index (χ3v) is 7.19. The molecule has 0 fully saturated rings. The molecule has 10 heteroatoms. The van der Waals surface area contributed by atoms with Crippen molar-refractivity contribution in [1.82, 2.24) is 4.98 Å². The van der Waals surface area contributed by atoms with E-state index in [4.69, 9.17) is 10.2 Å². The lowest BCUT2D eigenvalue weighted by Gasteiger charge is -2.03. The fourth-order valence-electron chi connectivity index (χ4n) is 1.92. The van der Waals surface area contributed by atoms with E-state index in [0.717, 1.165) is 16.2 Å². The Labute approximate surface area is 160 Å². The molecule has 0 bridgehead atoms. The number of nitrogens with zero attached hydrogens (tertiary/aromatic N) is 1. The second-order valence-corrected chi connectivity index (χ2v) is 9.48. The Bertz CT molecular complexity index is 996. The minimum Gasteiger partial charge on any atom is -0.428 e. The van der Waals surface area contributed by atoms with Crippen LogP contribution in [0.2, 0.25) is 0 Å². The number of hydrogen-bond donors (Lipinski definition) is 1. The molecule has 3 aromatic rings. The predicted molar refractivity (Wildman–Crippen MR) is 99.3 cm³/mol. The summed E-state index contributed by atoms with van der Waals surface area (Å²) in [6.45, 7) is 0. The Morgan fingerprint density at radius 1 is 1.28 bits per heavy atom. The summed E-state index contributed by atoms with van der Waals surface area (Å²) < 4.78 is 32.2. The van der Waals surface area contributed by atoms with Gasteiger partial charge in [0.2, 0.25) is 31.8 Å². The number of sulfone groups is 1. The van der Waals surface area contributed by atoms with Crippen LogP contribution in [0, 0.1) is 0 Å². The third-order valence-electron chi connectivity index (χ3n) is 3.02. The lowest BCUT2D eigenvalue weighted by Crippen LogP contribution is -2.13. The minimum absolute atomic E-state index is 0.0464. The topological polar surface area (TPSA) is 103 Å². The summed E-state index contributed by atoms with van der Waals surface area (Å²) >= 11 is 5.55. The zero-order valence-corrected chi connectivity index (χ0v) is 16.5. The molecular formula is C15H11BrN2O4S3. The molecule has 0 aliphatic carbocycles. The van der Waals surface area contributed by atoms with Crippen LogP contribution in [0.5, 0.6) is 0 Å². The monoisotopic (exact) mass is 458 g/mol. The number of oxazole rings is 1. The highest BCUT2D eigenvalue weighted by atomic mass is 79.9. The van der Waals surface area contributed by atoms with Gasteiger partial charge in [0.1, 0.15) is 0 Å². The first kappa shape index (κ1) is 18.2. The Hall–Kier alpha value is -1.62. The quantitative estimate of drug-likeness (QED) is 0.566. The molecule has 0 spiro atoms. The van der Waals surface area contributed by atoms with E-state index >= 15 is 0 Å². The number of hydrogen-bond acceptors (Lipinski definition) is 7. The van der Waals surface area contributed by atoms with Crippen molar-refractivity contribution in [3.63, 3.8) is 0 Å². The first-order valence-corrected chi connectivity index (χ1v) is 11.0. The largest absolute Gasteiger partial charge is 0.428 e. The summed E-state index contributed by atoms with van der Waals surface area (Å²) in [6.07, 6.45) is 0. The van der Waals surface area contributed by atoms with Crippen LogP contribution in [0.3, 0.4) is 0 Å². The van der Waals surface area contributed by atoms with Gasteiger partial charge in [-0.2, -0.15) is 4.98 Å². The van der Waals surface area contributed by atoms with Gasteiger partial charge in [-0.1, -0.05) is 33.8 Å². The maximum atomic E-state index is 12.9. The van der Waals surface area contributed by atoms with Crippen molar-refractivity contribution in [3.8, 4) is 10.8 Å². The zero-order chi connectivity index (χ0) is 18.0. The molecule has 2 heterocycles. The van der Waals surface area contributed by atoms with Crippen LogP contribution in [0.4, 0.5) is 0 Å². The van der Waals surface area contributed by atoms with Crippen molar-refractivity contribution < 1.29 is 17.6 Å². The van der Waals surface area contributed by atoms with E-state index in [1.807, 2.05) is 11.4 Å². The van der Waals surface area contributed by atoms with Crippen LogP contribution in [-0.2, 0) is 14.6 Å². The van der Waals surface area contributed by atoms with E-state index in [1.54, 1.807) is 18.2 Å². The number of rotatable bonds is 6. The van der Waals surface area contributed by atoms with Crippen molar-refractivity contribution in [2.75, 3.05) is 5.75 Å². The second kappa shape index (κ2) is 7.32. The summed E-state index contributed by atoms with van der Waals surface area (Å²) in [5.41, 5.74) is 5.15. The minimum atomic E-state index is -3.90. The first-order chi connectivity index (χ1) is 11.9. The second-order valence-electron chi connectivity index (χ2n) is 4.80. The summed E-state index contributed by atoms with van der Waals surface area (Å²) in [7, 11) is -3.90. The van der Waals surface area contributed by atoms with Crippen molar-refractivity contribution in [1.29, 1.82) is 0 Å². The van der Waals surface area contributed by atoms with Crippen molar-refractivity contribution >= 4 is 54.8 Å². The van der Waals surface area contributed by atoms with Crippen molar-refractivity contribution in [2.45, 2.75) is 15.0 Å². The number of thiophene rings is 1. The van der Waals surface area contributed by atoms with E-state index in [0.29, 0.717) is 4.88 Å². The van der Waals surface area contributed by atoms with Crippen LogP contribution in [0.15, 0.2) is 65.7 Å². The number of primary amides is 1. The van der Waals surface area contributed by atoms with Gasteiger partial charge in [-0.25, -0.2) is 8.42 Å². The van der Waals surface area contributed by atoms with E-state index in [2.05, 4.69) is 20.9 Å². The van der Waals surface area contributed by atoms with Crippen LogP contribution in [-0.4, -0.2) is 25.1 Å². The summed E-state index contributed by atoms with van der Waals surface area (Å²) in [5.74, 6) is -0.495. The maximum absolute atomic E-state index is 12.9. The molecule has 1 aromatic carbocycles. The van der Waals surface area contributed by atoms with Gasteiger partial charge in [0, 0.05) is 4.47 Å². The van der Waals surface area contributed by atoms with Crippen LogP contribution in [0.25, 0.3) is 10.8 Å². The molecule has 0 aliphatic rings. The molecule has 1 amide bonds. The lowest BCUT2D eigenvalue weighted by atomic mass is 10.4. The van der Waals surface area contributed by atoms with E-state index in [-0.39, 0.29) is 26.7 Å². The average molecular weight is 459 g/mol. The Morgan fingerprint density at radius 2 is 2.00 bits per heavy atom. The van der Waals surface area contributed by atoms with Crippen LogP contribution < -0.4 is 5.73 Å². The molecule has 0 unspecified atom stereocenters. The van der Waals surface area contributed by atoms with Gasteiger partial charge >= 0.3 is 0 Å². The molecule has 0 radical (unpaired) electrons. The Morgan fingerprint density at radius 3 is 2.60 bits per heavy atom. The number of carbonyl (C=O) groups excluding carboxylic acids is 1. The molecule has 2 aromatic heterocycles. The number of thioether (sulfide) groups is 1. The SMILES string of the molecule is NC(=O)CSc1oc(-c2cccs2)nc1S(=O)(=O)c1ccc(Br)cc1. The zero-order valence-electron chi connectivity index (χ0n) is 12.5. The molecule has 0 saturated heterocycles. The highest BCUT2D eigenvalue weighted by Gasteiger charge is 2.29. The predicted octanol–water partition coefficient (Wildman–Crippen LogP) is 3.58.